The average molecular weight is 482 g/mol. The zero-order chi connectivity index (χ0) is 24.5. The van der Waals surface area contributed by atoms with Gasteiger partial charge in [0.1, 0.15) is 17.2 Å². The van der Waals surface area contributed by atoms with E-state index in [0.717, 1.165) is 12.5 Å². The minimum atomic E-state index is -4.13. The van der Waals surface area contributed by atoms with E-state index in [0.29, 0.717) is 18.7 Å². The first-order chi connectivity index (χ1) is 16.2. The van der Waals surface area contributed by atoms with Crippen LogP contribution in [0.2, 0.25) is 0 Å². The summed E-state index contributed by atoms with van der Waals surface area (Å²) >= 11 is 0. The zero-order valence-corrected chi connectivity index (χ0v) is 19.6. The van der Waals surface area contributed by atoms with E-state index >= 15 is 0 Å². The molecule has 0 radical (unpaired) electrons. The van der Waals surface area contributed by atoms with Gasteiger partial charge >= 0.3 is 5.97 Å². The third kappa shape index (κ3) is 4.79. The third-order valence-corrected chi connectivity index (χ3v) is 7.31. The van der Waals surface area contributed by atoms with E-state index in [1.165, 1.54) is 41.1 Å². The van der Waals surface area contributed by atoms with Gasteiger partial charge in [0.15, 0.2) is 0 Å². The minimum absolute atomic E-state index is 0.0158. The maximum absolute atomic E-state index is 13.6. The second-order valence-electron chi connectivity index (χ2n) is 8.16. The number of nitrogens with zero attached hydrogens (tertiary/aromatic N) is 2. The number of carboxylic acids is 1. The number of anilines is 2. The van der Waals surface area contributed by atoms with Crippen molar-refractivity contribution in [2.24, 2.45) is 0 Å². The second-order valence-corrected chi connectivity index (χ2v) is 9.81. The number of aromatic nitrogens is 1. The first-order valence-corrected chi connectivity index (χ1v) is 12.2. The number of halogens is 1. The smallest absolute Gasteiger partial charge is 0.339 e. The van der Waals surface area contributed by atoms with Crippen molar-refractivity contribution >= 4 is 33.1 Å². The molecule has 34 heavy (non-hydrogen) atoms. The monoisotopic (exact) mass is 481 g/mol. The van der Waals surface area contributed by atoms with Crippen LogP contribution in [0.3, 0.4) is 0 Å². The Kier molecular flexibility index (Phi) is 6.39. The van der Waals surface area contributed by atoms with Gasteiger partial charge in [-0.2, -0.15) is 0 Å². The van der Waals surface area contributed by atoms with Crippen LogP contribution in [0.5, 0.6) is 0 Å². The van der Waals surface area contributed by atoms with Crippen molar-refractivity contribution in [3.63, 3.8) is 0 Å². The van der Waals surface area contributed by atoms with Crippen molar-refractivity contribution in [2.75, 3.05) is 22.7 Å². The predicted octanol–water partition coefficient (Wildman–Crippen LogP) is 4.63. The molecule has 0 saturated carbocycles. The van der Waals surface area contributed by atoms with Gasteiger partial charge in [-0.05, 0) is 60.7 Å². The molecule has 4 rings (SSSR count). The van der Waals surface area contributed by atoms with Gasteiger partial charge in [-0.1, -0.05) is 36.4 Å². The summed E-state index contributed by atoms with van der Waals surface area (Å²) in [5.74, 6) is -1.65. The Morgan fingerprint density at radius 1 is 1.12 bits per heavy atom. The number of hydrogen-bond acceptors (Lipinski definition) is 5. The number of rotatable bonds is 6. The van der Waals surface area contributed by atoms with Crippen LogP contribution in [-0.4, -0.2) is 37.6 Å². The Morgan fingerprint density at radius 2 is 1.88 bits per heavy atom. The number of sulfonamides is 1. The van der Waals surface area contributed by atoms with Gasteiger partial charge in [0.05, 0.1) is 16.8 Å². The van der Waals surface area contributed by atoms with Crippen LogP contribution in [0.15, 0.2) is 65.7 Å². The maximum Gasteiger partial charge on any atom is 0.339 e. The highest BCUT2D eigenvalue weighted by molar-refractivity contribution is 7.92. The first-order valence-electron chi connectivity index (χ1n) is 10.7. The van der Waals surface area contributed by atoms with Gasteiger partial charge in [-0.3, -0.25) is 4.72 Å². The lowest BCUT2D eigenvalue weighted by atomic mass is 9.95. The first kappa shape index (κ1) is 23.4. The predicted molar refractivity (Wildman–Crippen MR) is 129 cm³/mol. The van der Waals surface area contributed by atoms with E-state index in [9.17, 15) is 22.7 Å². The summed E-state index contributed by atoms with van der Waals surface area (Å²) in [5, 5.41) is 9.77. The molecule has 0 saturated heterocycles. The molecule has 2 aromatic carbocycles. The number of hydrogen-bond donors (Lipinski definition) is 2. The van der Waals surface area contributed by atoms with E-state index in [4.69, 9.17) is 0 Å². The Balaban J connectivity index is 1.60. The molecule has 9 heteroatoms. The molecule has 7 nitrogen and oxygen atoms in total. The fourth-order valence-corrected chi connectivity index (χ4v) is 5.33. The molecule has 0 bridgehead atoms. The van der Waals surface area contributed by atoms with Crippen LogP contribution in [0.1, 0.15) is 33.5 Å². The van der Waals surface area contributed by atoms with E-state index < -0.39 is 21.8 Å². The van der Waals surface area contributed by atoms with Crippen molar-refractivity contribution < 1.29 is 22.7 Å². The molecule has 1 aromatic heterocycles. The molecule has 1 aliphatic heterocycles. The van der Waals surface area contributed by atoms with Crippen LogP contribution in [0.4, 0.5) is 15.9 Å². The molecule has 0 atom stereocenters. The Bertz CT molecular complexity index is 1400. The largest absolute Gasteiger partial charge is 0.478 e. The quantitative estimate of drug-likeness (QED) is 0.533. The molecule has 0 aliphatic carbocycles. The highest BCUT2D eigenvalue weighted by Gasteiger charge is 2.23. The molecule has 0 unspecified atom stereocenters. The van der Waals surface area contributed by atoms with Gasteiger partial charge in [0, 0.05) is 13.1 Å². The van der Waals surface area contributed by atoms with Crippen molar-refractivity contribution in [2.45, 2.75) is 25.2 Å². The lowest BCUT2D eigenvalue weighted by Crippen LogP contribution is -2.31. The van der Waals surface area contributed by atoms with Gasteiger partial charge < -0.3 is 10.0 Å². The topological polar surface area (TPSA) is 99.6 Å². The fraction of sp³-hybridized carbons (Fsp3) is 0.200. The van der Waals surface area contributed by atoms with Gasteiger partial charge in [0.2, 0.25) is 0 Å². The summed E-state index contributed by atoms with van der Waals surface area (Å²) in [7, 11) is -4.13. The van der Waals surface area contributed by atoms with Gasteiger partial charge in [0.25, 0.3) is 10.0 Å². The SMILES string of the molecule is Cc1ccccc1C1=CCN(c2ncc(NS(=O)(=O)c3cc(F)ccc3C)cc2C(=O)O)CC1. The molecular weight excluding hydrogens is 457 g/mol. The Morgan fingerprint density at radius 3 is 2.56 bits per heavy atom. The van der Waals surface area contributed by atoms with E-state index in [1.54, 1.807) is 6.92 Å². The van der Waals surface area contributed by atoms with Crippen LogP contribution >= 0.6 is 0 Å². The van der Waals surface area contributed by atoms with Crippen molar-refractivity contribution in [1.82, 2.24) is 4.98 Å². The number of carboxylic acid groups (broad SMARTS) is 1. The number of aromatic carboxylic acids is 1. The molecular formula is C25H24FN3O4S. The molecule has 176 valence electrons. The van der Waals surface area contributed by atoms with Crippen LogP contribution in [-0.2, 0) is 10.0 Å². The normalized spacial score (nSPS) is 14.0. The summed E-state index contributed by atoms with van der Waals surface area (Å²) in [6, 6.07) is 12.8. The molecule has 0 amide bonds. The fourth-order valence-electron chi connectivity index (χ4n) is 4.04. The molecule has 2 heterocycles. The number of pyridine rings is 1. The molecule has 0 spiro atoms. The highest BCUT2D eigenvalue weighted by atomic mass is 32.2. The maximum atomic E-state index is 13.6. The lowest BCUT2D eigenvalue weighted by molar-refractivity contribution is 0.0697. The number of nitrogens with one attached hydrogen (secondary N) is 1. The minimum Gasteiger partial charge on any atom is -0.478 e. The summed E-state index contributed by atoms with van der Waals surface area (Å²) in [4.78, 5) is 17.9. The Hall–Kier alpha value is -3.72. The zero-order valence-electron chi connectivity index (χ0n) is 18.7. The molecule has 2 N–H and O–H groups in total. The van der Waals surface area contributed by atoms with E-state index in [-0.39, 0.29) is 22.0 Å². The highest BCUT2D eigenvalue weighted by Crippen LogP contribution is 2.30. The molecule has 0 fully saturated rings. The van der Waals surface area contributed by atoms with E-state index in [1.807, 2.05) is 17.0 Å². The number of benzene rings is 2. The van der Waals surface area contributed by atoms with Gasteiger partial charge in [-0.25, -0.2) is 22.6 Å². The van der Waals surface area contributed by atoms with Crippen molar-refractivity contribution in [1.29, 1.82) is 0 Å². The summed E-state index contributed by atoms with van der Waals surface area (Å²) < 4.78 is 41.5. The second kappa shape index (κ2) is 9.26. The summed E-state index contributed by atoms with van der Waals surface area (Å²) in [5.41, 5.74) is 3.77. The van der Waals surface area contributed by atoms with E-state index in [2.05, 4.69) is 34.8 Å². The van der Waals surface area contributed by atoms with Gasteiger partial charge in [-0.15, -0.1) is 0 Å². The lowest BCUT2D eigenvalue weighted by Gasteiger charge is -2.29. The molecule has 3 aromatic rings. The molecule has 1 aliphatic rings. The third-order valence-electron chi connectivity index (χ3n) is 5.79. The number of aryl methyl sites for hydroxylation is 2. The standard InChI is InChI=1S/C25H24FN3O4S/c1-16-5-3-4-6-21(16)18-9-11-29(12-10-18)24-22(25(30)31)14-20(15-27-24)28-34(32,33)23-13-19(26)8-7-17(23)2/h3-9,13-15,28H,10-12H2,1-2H3,(H,30,31). The van der Waals surface area contributed by atoms with Crippen LogP contribution in [0, 0.1) is 19.7 Å². The summed E-state index contributed by atoms with van der Waals surface area (Å²) in [6.45, 7) is 4.65. The van der Waals surface area contributed by atoms with Crippen LogP contribution in [0.25, 0.3) is 5.57 Å². The number of carbonyl (C=O) groups is 1. The Labute approximate surface area is 197 Å². The summed E-state index contributed by atoms with van der Waals surface area (Å²) in [6.07, 6.45) is 4.05. The van der Waals surface area contributed by atoms with Crippen molar-refractivity contribution in [3.05, 3.63) is 88.9 Å². The van der Waals surface area contributed by atoms with Crippen LogP contribution < -0.4 is 9.62 Å². The van der Waals surface area contributed by atoms with Crippen molar-refractivity contribution in [3.8, 4) is 0 Å². The average Bonchev–Trinajstić information content (AvgIpc) is 2.81.